The highest BCUT2D eigenvalue weighted by Crippen LogP contribution is 2.20. The number of rotatable bonds is 6. The number of esters is 1. The zero-order valence-electron chi connectivity index (χ0n) is 13.3. The van der Waals surface area contributed by atoms with E-state index in [1.54, 1.807) is 19.9 Å². The maximum Gasteiger partial charge on any atom is 0.311 e. The van der Waals surface area contributed by atoms with Crippen LogP contribution in [0.3, 0.4) is 0 Å². The molecule has 1 atom stereocenters. The maximum absolute atomic E-state index is 12.1. The Bertz CT molecular complexity index is 800. The third-order valence-electron chi connectivity index (χ3n) is 2.86. The lowest BCUT2D eigenvalue weighted by atomic mass is 10.3. The van der Waals surface area contributed by atoms with Crippen LogP contribution in [-0.2, 0) is 20.7 Å². The van der Waals surface area contributed by atoms with Crippen LogP contribution in [-0.4, -0.2) is 39.4 Å². The summed E-state index contributed by atoms with van der Waals surface area (Å²) in [5.74, 6) is 0.0588. The summed E-state index contributed by atoms with van der Waals surface area (Å²) in [7, 11) is 1.25. The molecule has 0 saturated heterocycles. The van der Waals surface area contributed by atoms with Gasteiger partial charge in [0.1, 0.15) is 5.76 Å². The largest absolute Gasteiger partial charge is 0.469 e. The zero-order chi connectivity index (χ0) is 17.7. The van der Waals surface area contributed by atoms with Gasteiger partial charge in [0, 0.05) is 12.1 Å². The number of aromatic nitrogens is 3. The number of ether oxygens (including phenoxy) is 1. The van der Waals surface area contributed by atoms with E-state index in [9.17, 15) is 14.4 Å². The van der Waals surface area contributed by atoms with Gasteiger partial charge in [-0.2, -0.15) is 0 Å². The van der Waals surface area contributed by atoms with E-state index in [4.69, 9.17) is 4.52 Å². The molecule has 24 heavy (non-hydrogen) atoms. The molecule has 128 valence electrons. The van der Waals surface area contributed by atoms with Crippen LogP contribution < -0.4 is 10.9 Å². The lowest BCUT2D eigenvalue weighted by Crippen LogP contribution is -2.23. The Hall–Kier alpha value is -2.62. The second-order valence-electron chi connectivity index (χ2n) is 4.87. The molecule has 0 aromatic carbocycles. The first kappa shape index (κ1) is 17.7. The second-order valence-corrected chi connectivity index (χ2v) is 6.20. The number of nitrogens with zero attached hydrogens (tertiary/aromatic N) is 2. The minimum atomic E-state index is -0.557. The molecule has 2 rings (SSSR count). The van der Waals surface area contributed by atoms with Crippen molar-refractivity contribution in [2.75, 3.05) is 12.4 Å². The molecule has 0 saturated carbocycles. The summed E-state index contributed by atoms with van der Waals surface area (Å²) in [4.78, 5) is 41.7. The van der Waals surface area contributed by atoms with E-state index < -0.39 is 16.8 Å². The van der Waals surface area contributed by atoms with E-state index in [-0.39, 0.29) is 23.2 Å². The summed E-state index contributed by atoms with van der Waals surface area (Å²) >= 11 is 1.05. The van der Waals surface area contributed by atoms with Crippen LogP contribution in [0.25, 0.3) is 0 Å². The lowest BCUT2D eigenvalue weighted by Gasteiger charge is -2.10. The van der Waals surface area contributed by atoms with Gasteiger partial charge in [-0.3, -0.25) is 14.4 Å². The van der Waals surface area contributed by atoms with Crippen molar-refractivity contribution in [1.82, 2.24) is 15.1 Å². The van der Waals surface area contributed by atoms with E-state index in [1.165, 1.54) is 13.2 Å². The lowest BCUT2D eigenvalue weighted by molar-refractivity contribution is -0.139. The molecular formula is C14H16N4O5S. The normalized spacial score (nSPS) is 11.8. The minimum absolute atomic E-state index is 0.118. The summed E-state index contributed by atoms with van der Waals surface area (Å²) in [6, 6.07) is 2.80. The average Bonchev–Trinajstić information content (AvgIpc) is 2.91. The Morgan fingerprint density at radius 2 is 2.21 bits per heavy atom. The summed E-state index contributed by atoms with van der Waals surface area (Å²) in [6.45, 7) is 3.36. The molecule has 9 nitrogen and oxygen atoms in total. The summed E-state index contributed by atoms with van der Waals surface area (Å²) < 4.78 is 9.41. The summed E-state index contributed by atoms with van der Waals surface area (Å²) in [5, 5.41) is 5.95. The number of anilines is 1. The molecule has 0 unspecified atom stereocenters. The number of aryl methyl sites for hydroxylation is 1. The van der Waals surface area contributed by atoms with Crippen molar-refractivity contribution in [3.8, 4) is 0 Å². The first-order valence-corrected chi connectivity index (χ1v) is 7.83. The van der Waals surface area contributed by atoms with Gasteiger partial charge in [0.05, 0.1) is 24.5 Å². The third-order valence-corrected chi connectivity index (χ3v) is 3.85. The van der Waals surface area contributed by atoms with Crippen molar-refractivity contribution in [1.29, 1.82) is 0 Å². The van der Waals surface area contributed by atoms with Gasteiger partial charge in [-0.15, -0.1) is 0 Å². The van der Waals surface area contributed by atoms with Crippen molar-refractivity contribution in [2.45, 2.75) is 30.7 Å². The molecule has 0 bridgehead atoms. The predicted molar refractivity (Wildman–Crippen MR) is 85.8 cm³/mol. The molecule has 0 radical (unpaired) electrons. The Morgan fingerprint density at radius 1 is 1.46 bits per heavy atom. The predicted octanol–water partition coefficient (Wildman–Crippen LogP) is 0.901. The third kappa shape index (κ3) is 4.95. The molecule has 2 N–H and O–H groups in total. The van der Waals surface area contributed by atoms with Crippen LogP contribution in [0.4, 0.5) is 5.82 Å². The maximum atomic E-state index is 12.1. The molecule has 10 heteroatoms. The highest BCUT2D eigenvalue weighted by molar-refractivity contribution is 8.00. The smallest absolute Gasteiger partial charge is 0.311 e. The number of hydrogen-bond donors (Lipinski definition) is 2. The fraction of sp³-hybridized carbons (Fsp3) is 0.357. The number of amides is 1. The van der Waals surface area contributed by atoms with Crippen LogP contribution in [0.1, 0.15) is 18.4 Å². The second kappa shape index (κ2) is 7.77. The van der Waals surface area contributed by atoms with Gasteiger partial charge in [0.25, 0.3) is 5.56 Å². The average molecular weight is 352 g/mol. The summed E-state index contributed by atoms with van der Waals surface area (Å²) in [6.07, 6.45) is -0.118. The van der Waals surface area contributed by atoms with Gasteiger partial charge in [-0.05, 0) is 13.8 Å². The fourth-order valence-electron chi connectivity index (χ4n) is 1.72. The van der Waals surface area contributed by atoms with Crippen molar-refractivity contribution >= 4 is 29.5 Å². The molecule has 0 aliphatic rings. The molecule has 0 spiro atoms. The van der Waals surface area contributed by atoms with Crippen molar-refractivity contribution in [3.63, 3.8) is 0 Å². The number of nitrogens with one attached hydrogen (secondary N) is 2. The molecule has 0 fully saturated rings. The van der Waals surface area contributed by atoms with Gasteiger partial charge >= 0.3 is 5.97 Å². The Morgan fingerprint density at radius 3 is 2.83 bits per heavy atom. The van der Waals surface area contributed by atoms with E-state index in [1.807, 2.05) is 0 Å². The molecule has 0 aliphatic carbocycles. The number of hydrogen-bond acceptors (Lipinski definition) is 8. The quantitative estimate of drug-likeness (QED) is 0.446. The van der Waals surface area contributed by atoms with Crippen molar-refractivity contribution in [2.24, 2.45) is 0 Å². The van der Waals surface area contributed by atoms with E-state index in [0.717, 1.165) is 11.8 Å². The zero-order valence-corrected chi connectivity index (χ0v) is 14.1. The van der Waals surface area contributed by atoms with Crippen LogP contribution in [0.15, 0.2) is 26.6 Å². The van der Waals surface area contributed by atoms with Gasteiger partial charge < -0.3 is 19.6 Å². The van der Waals surface area contributed by atoms with Crippen LogP contribution in [0.5, 0.6) is 0 Å². The number of methoxy groups -OCH3 is 1. The molecule has 2 aromatic heterocycles. The van der Waals surface area contributed by atoms with Crippen LogP contribution >= 0.6 is 11.8 Å². The molecular weight excluding hydrogens is 336 g/mol. The number of H-pyrrole nitrogens is 1. The van der Waals surface area contributed by atoms with Crippen LogP contribution in [0.2, 0.25) is 0 Å². The topological polar surface area (TPSA) is 127 Å². The Balaban J connectivity index is 2.04. The standard InChI is InChI=1S/C14H16N4O5S/c1-7-4-10(18-23-7)16-13(21)8(2)24-14-15-9(5-11(19)17-14)6-12(20)22-3/h4-5,8H,6H2,1-3H3,(H,15,17,19)(H,16,18,21)/t8-/m1/s1. The number of thioether (sulfide) groups is 1. The van der Waals surface area contributed by atoms with Gasteiger partial charge in [0.15, 0.2) is 11.0 Å². The minimum Gasteiger partial charge on any atom is -0.469 e. The number of carbonyl (C=O) groups is 2. The van der Waals surface area contributed by atoms with Gasteiger partial charge in [0.2, 0.25) is 5.91 Å². The first-order chi connectivity index (χ1) is 11.4. The van der Waals surface area contributed by atoms with Crippen molar-refractivity contribution < 1.29 is 18.8 Å². The van der Waals surface area contributed by atoms with E-state index in [2.05, 4.69) is 25.2 Å². The first-order valence-electron chi connectivity index (χ1n) is 6.95. The van der Waals surface area contributed by atoms with E-state index >= 15 is 0 Å². The highest BCUT2D eigenvalue weighted by Gasteiger charge is 2.18. The Labute approximate surface area is 141 Å². The molecule has 0 aliphatic heterocycles. The van der Waals surface area contributed by atoms with Crippen LogP contribution in [0, 0.1) is 6.92 Å². The SMILES string of the molecule is COC(=O)Cc1cc(=O)[nH]c(S[C@H](C)C(=O)Nc2cc(C)on2)n1. The monoisotopic (exact) mass is 352 g/mol. The van der Waals surface area contributed by atoms with Crippen molar-refractivity contribution in [3.05, 3.63) is 33.9 Å². The van der Waals surface area contributed by atoms with Gasteiger partial charge in [-0.25, -0.2) is 4.98 Å². The van der Waals surface area contributed by atoms with Gasteiger partial charge in [-0.1, -0.05) is 16.9 Å². The number of aromatic amines is 1. The fourth-order valence-corrected chi connectivity index (χ4v) is 2.55. The molecule has 1 amide bonds. The highest BCUT2D eigenvalue weighted by atomic mass is 32.2. The number of carbonyl (C=O) groups excluding carboxylic acids is 2. The molecule has 2 aromatic rings. The Kier molecular flexibility index (Phi) is 5.74. The summed E-state index contributed by atoms with van der Waals surface area (Å²) in [5.41, 5.74) is -0.140. The molecule has 2 heterocycles. The van der Waals surface area contributed by atoms with E-state index in [0.29, 0.717) is 11.6 Å².